The van der Waals surface area contributed by atoms with Crippen LogP contribution in [-0.4, -0.2) is 41.5 Å². The third-order valence-corrected chi connectivity index (χ3v) is 4.29. The lowest BCUT2D eigenvalue weighted by atomic mass is 9.91. The van der Waals surface area contributed by atoms with Gasteiger partial charge in [0.2, 0.25) is 0 Å². The summed E-state index contributed by atoms with van der Waals surface area (Å²) < 4.78 is 5.08. The summed E-state index contributed by atoms with van der Waals surface area (Å²) in [6, 6.07) is 0. The number of nitrogens with one attached hydrogen (secondary N) is 1. The van der Waals surface area contributed by atoms with Gasteiger partial charge in [0.15, 0.2) is 0 Å². The minimum absolute atomic E-state index is 0.0189. The highest BCUT2D eigenvalue weighted by atomic mass is 16.5. The Bertz CT molecular complexity index is 567. The van der Waals surface area contributed by atoms with E-state index < -0.39 is 0 Å². The Balaban J connectivity index is 2.27. The first-order valence-corrected chi connectivity index (χ1v) is 8.00. The molecule has 1 N–H and O–H groups in total. The van der Waals surface area contributed by atoms with E-state index >= 15 is 0 Å². The molecule has 0 saturated carbocycles. The van der Waals surface area contributed by atoms with Crippen LogP contribution in [0.3, 0.4) is 0 Å². The smallest absolute Gasteiger partial charge is 0.340 e. The highest BCUT2D eigenvalue weighted by molar-refractivity contribution is 6.00. The third kappa shape index (κ3) is 3.18. The zero-order chi connectivity index (χ0) is 16.4. The van der Waals surface area contributed by atoms with Gasteiger partial charge in [-0.15, -0.1) is 0 Å². The molecule has 22 heavy (non-hydrogen) atoms. The number of likely N-dealkylation sites (tertiary alicyclic amines) is 1. The van der Waals surface area contributed by atoms with Gasteiger partial charge in [-0.3, -0.25) is 4.79 Å². The first-order chi connectivity index (χ1) is 10.3. The summed E-state index contributed by atoms with van der Waals surface area (Å²) in [5.41, 5.74) is 2.38. The summed E-state index contributed by atoms with van der Waals surface area (Å²) in [5, 5.41) is 0. The second kappa shape index (κ2) is 6.55. The molecule has 0 radical (unpaired) electrons. The van der Waals surface area contributed by atoms with E-state index in [1.807, 2.05) is 4.90 Å². The molecule has 0 bridgehead atoms. The number of aryl methyl sites for hydroxylation is 1. The number of esters is 1. The van der Waals surface area contributed by atoms with E-state index in [0.29, 0.717) is 41.0 Å². The molecular weight excluding hydrogens is 280 g/mol. The van der Waals surface area contributed by atoms with Crippen molar-refractivity contribution in [2.75, 3.05) is 19.7 Å². The Labute approximate surface area is 132 Å². The summed E-state index contributed by atoms with van der Waals surface area (Å²) in [6.45, 7) is 11.6. The van der Waals surface area contributed by atoms with E-state index in [4.69, 9.17) is 4.74 Å². The average molecular weight is 306 g/mol. The molecule has 1 aliphatic heterocycles. The first-order valence-electron chi connectivity index (χ1n) is 8.00. The lowest BCUT2D eigenvalue weighted by molar-refractivity contribution is 0.0525. The fourth-order valence-corrected chi connectivity index (χ4v) is 3.46. The summed E-state index contributed by atoms with van der Waals surface area (Å²) in [4.78, 5) is 29.8. The zero-order valence-corrected chi connectivity index (χ0v) is 14.2. The van der Waals surface area contributed by atoms with E-state index in [1.54, 1.807) is 20.8 Å². The summed E-state index contributed by atoms with van der Waals surface area (Å²) in [5.74, 6) is 0.630. The van der Waals surface area contributed by atoms with Gasteiger partial charge < -0.3 is 14.6 Å². The summed E-state index contributed by atoms with van der Waals surface area (Å²) >= 11 is 0. The van der Waals surface area contributed by atoms with Gasteiger partial charge in [0.25, 0.3) is 5.91 Å². The minimum atomic E-state index is -0.367. The van der Waals surface area contributed by atoms with Gasteiger partial charge in [-0.25, -0.2) is 4.79 Å². The Morgan fingerprint density at radius 1 is 1.23 bits per heavy atom. The second-order valence-electron chi connectivity index (χ2n) is 6.50. The molecule has 2 heterocycles. The quantitative estimate of drug-likeness (QED) is 0.873. The zero-order valence-electron chi connectivity index (χ0n) is 14.2. The Kier molecular flexibility index (Phi) is 4.94. The number of H-pyrrole nitrogens is 1. The number of nitrogens with zero attached hydrogens (tertiary/aromatic N) is 1. The summed E-state index contributed by atoms with van der Waals surface area (Å²) in [6.07, 6.45) is 1.15. The largest absolute Gasteiger partial charge is 0.462 e. The molecule has 122 valence electrons. The lowest BCUT2D eigenvalue weighted by Crippen LogP contribution is -2.42. The molecule has 0 spiro atoms. The molecule has 1 amide bonds. The van der Waals surface area contributed by atoms with E-state index in [-0.39, 0.29) is 11.9 Å². The molecule has 0 aliphatic carbocycles. The van der Waals surface area contributed by atoms with Crippen molar-refractivity contribution in [2.45, 2.75) is 41.0 Å². The van der Waals surface area contributed by atoms with Gasteiger partial charge in [0, 0.05) is 18.8 Å². The number of hydrogen-bond donors (Lipinski definition) is 1. The van der Waals surface area contributed by atoms with Crippen LogP contribution in [0.5, 0.6) is 0 Å². The summed E-state index contributed by atoms with van der Waals surface area (Å²) in [7, 11) is 0. The Hall–Kier alpha value is -1.78. The predicted molar refractivity (Wildman–Crippen MR) is 85.1 cm³/mol. The van der Waals surface area contributed by atoms with Gasteiger partial charge in [-0.1, -0.05) is 13.8 Å². The van der Waals surface area contributed by atoms with Crippen molar-refractivity contribution >= 4 is 11.9 Å². The monoisotopic (exact) mass is 306 g/mol. The fourth-order valence-electron chi connectivity index (χ4n) is 3.46. The number of aromatic nitrogens is 1. The molecule has 1 aromatic heterocycles. The van der Waals surface area contributed by atoms with Gasteiger partial charge in [0.05, 0.1) is 12.2 Å². The van der Waals surface area contributed by atoms with Crippen molar-refractivity contribution in [1.82, 2.24) is 9.88 Å². The molecular formula is C17H26N2O3. The minimum Gasteiger partial charge on any atom is -0.462 e. The first kappa shape index (κ1) is 16.6. The molecule has 1 aliphatic rings. The van der Waals surface area contributed by atoms with E-state index in [1.165, 1.54) is 0 Å². The molecule has 5 nitrogen and oxygen atoms in total. The number of carbonyl (C=O) groups excluding carboxylic acids is 2. The van der Waals surface area contributed by atoms with E-state index in [9.17, 15) is 9.59 Å². The van der Waals surface area contributed by atoms with Crippen molar-refractivity contribution < 1.29 is 14.3 Å². The number of carbonyl (C=O) groups is 2. The predicted octanol–water partition coefficient (Wildman–Crippen LogP) is 2.93. The van der Waals surface area contributed by atoms with Crippen molar-refractivity contribution in [3.8, 4) is 0 Å². The van der Waals surface area contributed by atoms with Crippen LogP contribution in [0.25, 0.3) is 0 Å². The SMILES string of the molecule is CCOC(=O)c1c(C)[nH]c(C(=O)N2CC(C)CC(C)C2)c1C. The average Bonchev–Trinajstić information content (AvgIpc) is 2.72. The Morgan fingerprint density at radius 3 is 2.36 bits per heavy atom. The van der Waals surface area contributed by atoms with Crippen LogP contribution in [0.1, 0.15) is 59.3 Å². The van der Waals surface area contributed by atoms with Gasteiger partial charge in [0.1, 0.15) is 5.69 Å². The van der Waals surface area contributed by atoms with Crippen molar-refractivity contribution in [2.24, 2.45) is 11.8 Å². The van der Waals surface area contributed by atoms with E-state index in [2.05, 4.69) is 18.8 Å². The molecule has 0 aromatic carbocycles. The van der Waals surface area contributed by atoms with Crippen LogP contribution < -0.4 is 0 Å². The molecule has 2 unspecified atom stereocenters. The van der Waals surface area contributed by atoms with Crippen LogP contribution >= 0.6 is 0 Å². The number of amides is 1. The van der Waals surface area contributed by atoms with Crippen LogP contribution in [0.4, 0.5) is 0 Å². The van der Waals surface area contributed by atoms with Gasteiger partial charge in [-0.05, 0) is 44.6 Å². The van der Waals surface area contributed by atoms with Crippen LogP contribution in [0.15, 0.2) is 0 Å². The lowest BCUT2D eigenvalue weighted by Gasteiger charge is -2.34. The van der Waals surface area contributed by atoms with Crippen molar-refractivity contribution in [3.05, 3.63) is 22.5 Å². The van der Waals surface area contributed by atoms with E-state index in [0.717, 1.165) is 19.5 Å². The number of aromatic amines is 1. The fraction of sp³-hybridized carbons (Fsp3) is 0.647. The highest BCUT2D eigenvalue weighted by Gasteiger charge is 2.30. The van der Waals surface area contributed by atoms with Crippen LogP contribution in [0.2, 0.25) is 0 Å². The van der Waals surface area contributed by atoms with Gasteiger partial charge in [-0.2, -0.15) is 0 Å². The molecule has 1 saturated heterocycles. The molecule has 2 atom stereocenters. The number of hydrogen-bond acceptors (Lipinski definition) is 3. The topological polar surface area (TPSA) is 62.4 Å². The molecule has 1 fully saturated rings. The second-order valence-corrected chi connectivity index (χ2v) is 6.50. The molecule has 5 heteroatoms. The molecule has 2 rings (SSSR count). The molecule has 1 aromatic rings. The number of ether oxygens (including phenoxy) is 1. The van der Waals surface area contributed by atoms with Gasteiger partial charge >= 0.3 is 5.97 Å². The number of rotatable bonds is 3. The van der Waals surface area contributed by atoms with Crippen molar-refractivity contribution in [1.29, 1.82) is 0 Å². The maximum Gasteiger partial charge on any atom is 0.340 e. The van der Waals surface area contributed by atoms with Crippen LogP contribution in [-0.2, 0) is 4.74 Å². The third-order valence-electron chi connectivity index (χ3n) is 4.29. The Morgan fingerprint density at radius 2 is 1.82 bits per heavy atom. The van der Waals surface area contributed by atoms with Crippen LogP contribution in [0, 0.1) is 25.7 Å². The van der Waals surface area contributed by atoms with Crippen molar-refractivity contribution in [3.63, 3.8) is 0 Å². The maximum atomic E-state index is 12.8. The maximum absolute atomic E-state index is 12.8. The normalized spacial score (nSPS) is 21.8. The number of piperidine rings is 1. The highest BCUT2D eigenvalue weighted by Crippen LogP contribution is 2.25. The standard InChI is InChI=1S/C17H26N2O3/c1-6-22-17(21)14-12(4)15(18-13(14)5)16(20)19-8-10(2)7-11(3)9-19/h10-11,18H,6-9H2,1-5H3.